The first-order chi connectivity index (χ1) is 11.5. The standard InChI is InChI=1S/C24H25/c1-17(2)19-8-12-21(13-9-19)23-6-5-7-24(16-23)22-14-10-20(11-15-22)18(3)4/h5-15,17-18H,1-4H3. The molecule has 0 unspecified atom stereocenters. The van der Waals surface area contributed by atoms with Gasteiger partial charge in [0.2, 0.25) is 0 Å². The molecule has 121 valence electrons. The van der Waals surface area contributed by atoms with Crippen molar-refractivity contribution in [2.75, 3.05) is 0 Å². The van der Waals surface area contributed by atoms with Gasteiger partial charge < -0.3 is 0 Å². The highest BCUT2D eigenvalue weighted by molar-refractivity contribution is 5.72. The predicted molar refractivity (Wildman–Crippen MR) is 104 cm³/mol. The van der Waals surface area contributed by atoms with E-state index in [-0.39, 0.29) is 0 Å². The summed E-state index contributed by atoms with van der Waals surface area (Å²) in [7, 11) is 0. The third-order valence-electron chi connectivity index (χ3n) is 4.57. The van der Waals surface area contributed by atoms with E-state index in [4.69, 9.17) is 0 Å². The summed E-state index contributed by atoms with van der Waals surface area (Å²) in [6, 6.07) is 27.6. The summed E-state index contributed by atoms with van der Waals surface area (Å²) >= 11 is 0. The van der Waals surface area contributed by atoms with Crippen LogP contribution in [0.1, 0.15) is 50.7 Å². The second kappa shape index (κ2) is 7.05. The minimum absolute atomic E-state index is 0.564. The monoisotopic (exact) mass is 313 g/mol. The third-order valence-corrected chi connectivity index (χ3v) is 4.57. The van der Waals surface area contributed by atoms with E-state index in [0.717, 1.165) is 11.1 Å². The minimum atomic E-state index is 0.564. The van der Waals surface area contributed by atoms with Crippen molar-refractivity contribution in [3.63, 3.8) is 0 Å². The van der Waals surface area contributed by atoms with Gasteiger partial charge in [-0.2, -0.15) is 0 Å². The fraction of sp³-hybridized carbons (Fsp3) is 0.250. The lowest BCUT2D eigenvalue weighted by Gasteiger charge is -2.10. The molecule has 0 heterocycles. The Morgan fingerprint density at radius 1 is 0.542 bits per heavy atom. The second-order valence-corrected chi connectivity index (χ2v) is 7.03. The van der Waals surface area contributed by atoms with Crippen molar-refractivity contribution in [1.82, 2.24) is 0 Å². The fourth-order valence-electron chi connectivity index (χ4n) is 2.90. The maximum Gasteiger partial charge on any atom is -0.00143 e. The van der Waals surface area contributed by atoms with E-state index >= 15 is 0 Å². The van der Waals surface area contributed by atoms with Crippen LogP contribution in [-0.4, -0.2) is 0 Å². The quantitative estimate of drug-likeness (QED) is 0.483. The van der Waals surface area contributed by atoms with Gasteiger partial charge in [0, 0.05) is 0 Å². The molecule has 0 aliphatic rings. The molecular weight excluding hydrogens is 288 g/mol. The lowest BCUT2D eigenvalue weighted by molar-refractivity contribution is 0.867. The average Bonchev–Trinajstić information content (AvgIpc) is 2.62. The number of rotatable bonds is 4. The van der Waals surface area contributed by atoms with Crippen LogP contribution in [0.3, 0.4) is 0 Å². The maximum atomic E-state index is 3.57. The van der Waals surface area contributed by atoms with Crippen LogP contribution in [-0.2, 0) is 0 Å². The maximum absolute atomic E-state index is 3.57. The summed E-state index contributed by atoms with van der Waals surface area (Å²) in [5, 5.41) is 0. The molecule has 3 aromatic rings. The van der Waals surface area contributed by atoms with Crippen LogP contribution in [0, 0.1) is 6.07 Å². The highest BCUT2D eigenvalue weighted by Gasteiger charge is 2.05. The normalized spacial score (nSPS) is 11.2. The van der Waals surface area contributed by atoms with Gasteiger partial charge in [-0.1, -0.05) is 94.4 Å². The summed E-state index contributed by atoms with van der Waals surface area (Å²) in [6.07, 6.45) is 0. The van der Waals surface area contributed by atoms with Crippen LogP contribution in [0.15, 0.2) is 66.7 Å². The van der Waals surface area contributed by atoms with Crippen LogP contribution in [0.25, 0.3) is 22.3 Å². The van der Waals surface area contributed by atoms with Crippen molar-refractivity contribution in [1.29, 1.82) is 0 Å². The van der Waals surface area contributed by atoms with E-state index in [9.17, 15) is 0 Å². The van der Waals surface area contributed by atoms with Crippen LogP contribution in [0.4, 0.5) is 0 Å². The van der Waals surface area contributed by atoms with Crippen molar-refractivity contribution in [3.05, 3.63) is 83.9 Å². The topological polar surface area (TPSA) is 0 Å². The second-order valence-electron chi connectivity index (χ2n) is 7.03. The molecule has 0 aliphatic heterocycles. The molecule has 0 aromatic heterocycles. The molecule has 0 saturated heterocycles. The van der Waals surface area contributed by atoms with Crippen LogP contribution >= 0.6 is 0 Å². The van der Waals surface area contributed by atoms with Crippen LogP contribution in [0.2, 0.25) is 0 Å². The number of hydrogen-bond donors (Lipinski definition) is 0. The zero-order chi connectivity index (χ0) is 17.1. The Hall–Kier alpha value is -2.34. The van der Waals surface area contributed by atoms with Crippen LogP contribution in [0.5, 0.6) is 0 Å². The molecule has 3 rings (SSSR count). The molecule has 0 N–H and O–H groups in total. The Morgan fingerprint density at radius 3 is 1.25 bits per heavy atom. The lowest BCUT2D eigenvalue weighted by Crippen LogP contribution is -1.88. The van der Waals surface area contributed by atoms with E-state index in [2.05, 4.69) is 100 Å². The number of benzene rings is 3. The highest BCUT2D eigenvalue weighted by atomic mass is 14.1. The highest BCUT2D eigenvalue weighted by Crippen LogP contribution is 2.28. The molecule has 1 radical (unpaired) electrons. The van der Waals surface area contributed by atoms with Gasteiger partial charge in [-0.25, -0.2) is 0 Å². The summed E-state index contributed by atoms with van der Waals surface area (Å²) in [5.74, 6) is 1.13. The SMILES string of the molecule is CC(C)c1ccc(-c2[c]c(-c3ccc(C(C)C)cc3)ccc2)cc1. The smallest absolute Gasteiger partial charge is 0.00143 e. The van der Waals surface area contributed by atoms with E-state index in [1.54, 1.807) is 0 Å². The van der Waals surface area contributed by atoms with Crippen molar-refractivity contribution in [2.24, 2.45) is 0 Å². The Kier molecular flexibility index (Phi) is 4.85. The molecule has 3 aromatic carbocycles. The van der Waals surface area contributed by atoms with Gasteiger partial charge in [0.15, 0.2) is 0 Å². The van der Waals surface area contributed by atoms with E-state index in [1.165, 1.54) is 22.3 Å². The summed E-state index contributed by atoms with van der Waals surface area (Å²) in [5.41, 5.74) is 7.49. The molecule has 0 heteroatoms. The Bertz CT molecular complexity index is 723. The molecule has 0 spiro atoms. The first-order valence-corrected chi connectivity index (χ1v) is 8.77. The molecule has 0 amide bonds. The molecule has 0 bridgehead atoms. The van der Waals surface area contributed by atoms with Crippen molar-refractivity contribution in [3.8, 4) is 22.3 Å². The summed E-state index contributed by atoms with van der Waals surface area (Å²) in [4.78, 5) is 0. The number of hydrogen-bond acceptors (Lipinski definition) is 0. The zero-order valence-corrected chi connectivity index (χ0v) is 15.0. The molecule has 0 nitrogen and oxygen atoms in total. The molecule has 0 aliphatic carbocycles. The minimum Gasteiger partial charge on any atom is -0.0610 e. The van der Waals surface area contributed by atoms with E-state index < -0.39 is 0 Å². The molecule has 0 saturated carbocycles. The van der Waals surface area contributed by atoms with Gasteiger partial charge in [-0.05, 0) is 51.3 Å². The van der Waals surface area contributed by atoms with Crippen molar-refractivity contribution >= 4 is 0 Å². The molecule has 0 atom stereocenters. The summed E-state index contributed by atoms with van der Waals surface area (Å²) < 4.78 is 0. The van der Waals surface area contributed by atoms with Gasteiger partial charge in [-0.3, -0.25) is 0 Å². The van der Waals surface area contributed by atoms with Gasteiger partial charge >= 0.3 is 0 Å². The molecular formula is C24H25. The van der Waals surface area contributed by atoms with Crippen molar-refractivity contribution < 1.29 is 0 Å². The largest absolute Gasteiger partial charge is 0.0610 e. The lowest BCUT2D eigenvalue weighted by atomic mass is 9.95. The Morgan fingerprint density at radius 2 is 0.917 bits per heavy atom. The van der Waals surface area contributed by atoms with Crippen LogP contribution < -0.4 is 0 Å². The fourth-order valence-corrected chi connectivity index (χ4v) is 2.90. The molecule has 0 fully saturated rings. The average molecular weight is 313 g/mol. The third kappa shape index (κ3) is 3.59. The zero-order valence-electron chi connectivity index (χ0n) is 15.0. The predicted octanol–water partition coefficient (Wildman–Crippen LogP) is 7.07. The Labute approximate surface area is 146 Å². The van der Waals surface area contributed by atoms with E-state index in [1.807, 2.05) is 0 Å². The van der Waals surface area contributed by atoms with Gasteiger partial charge in [-0.15, -0.1) is 0 Å². The molecule has 24 heavy (non-hydrogen) atoms. The van der Waals surface area contributed by atoms with Gasteiger partial charge in [0.1, 0.15) is 0 Å². The van der Waals surface area contributed by atoms with Crippen molar-refractivity contribution in [2.45, 2.75) is 39.5 Å². The van der Waals surface area contributed by atoms with Gasteiger partial charge in [0.25, 0.3) is 0 Å². The Balaban J connectivity index is 1.91. The van der Waals surface area contributed by atoms with E-state index in [0.29, 0.717) is 11.8 Å². The summed E-state index contributed by atoms with van der Waals surface area (Å²) in [6.45, 7) is 8.90. The first-order valence-electron chi connectivity index (χ1n) is 8.77. The first kappa shape index (κ1) is 16.5. The van der Waals surface area contributed by atoms with Gasteiger partial charge in [0.05, 0.1) is 0 Å².